The van der Waals surface area contributed by atoms with E-state index in [1.807, 2.05) is 0 Å². The van der Waals surface area contributed by atoms with Gasteiger partial charge in [0.1, 0.15) is 0 Å². The average Bonchev–Trinajstić information content (AvgIpc) is 3.25. The second kappa shape index (κ2) is 6.25. The lowest BCUT2D eigenvalue weighted by atomic mass is 10.0. The molecule has 0 radical (unpaired) electrons. The Balaban J connectivity index is 2.11. The van der Waals surface area contributed by atoms with E-state index in [9.17, 15) is 13.2 Å². The molecule has 0 bridgehead atoms. The first-order valence-electron chi connectivity index (χ1n) is 7.16. The van der Waals surface area contributed by atoms with Crippen LogP contribution in [0.15, 0.2) is 29.2 Å². The average molecular weight is 311 g/mol. The Morgan fingerprint density at radius 2 is 2.10 bits per heavy atom. The van der Waals surface area contributed by atoms with Gasteiger partial charge in [0.25, 0.3) is 0 Å². The van der Waals surface area contributed by atoms with Gasteiger partial charge in [0.15, 0.2) is 5.78 Å². The van der Waals surface area contributed by atoms with Crippen molar-refractivity contribution >= 4 is 15.8 Å². The van der Waals surface area contributed by atoms with E-state index >= 15 is 0 Å². The number of carbonyl (C=O) groups excluding carboxylic acids is 1. The maximum absolute atomic E-state index is 12.3. The van der Waals surface area contributed by atoms with E-state index in [1.54, 1.807) is 19.1 Å². The highest BCUT2D eigenvalue weighted by molar-refractivity contribution is 7.89. The predicted octanol–water partition coefficient (Wildman–Crippen LogP) is 1.72. The fourth-order valence-corrected chi connectivity index (χ4v) is 3.50. The fraction of sp³-hybridized carbons (Fsp3) is 0.533. The number of Topliss-reactive ketones (excluding diaryl/α,β-unsaturated/α-hetero) is 1. The molecule has 2 N–H and O–H groups in total. The van der Waals surface area contributed by atoms with Gasteiger partial charge in [-0.05, 0) is 36.8 Å². The van der Waals surface area contributed by atoms with E-state index in [-0.39, 0.29) is 22.7 Å². The molecule has 1 aromatic rings. The monoisotopic (exact) mass is 311 g/mol. The molecule has 116 valence electrons. The SMILES string of the molecule is CCC(=O)c1cccc(S(=O)(=O)NCC2(CCO)CC2)c1. The third-order valence-corrected chi connectivity index (χ3v) is 5.42. The first-order valence-corrected chi connectivity index (χ1v) is 8.64. The molecule has 21 heavy (non-hydrogen) atoms. The number of ketones is 1. The lowest BCUT2D eigenvalue weighted by molar-refractivity contribution is 0.0988. The third-order valence-electron chi connectivity index (χ3n) is 4.02. The summed E-state index contributed by atoms with van der Waals surface area (Å²) in [5.41, 5.74) is 0.329. The van der Waals surface area contributed by atoms with Crippen LogP contribution in [0.1, 0.15) is 43.0 Å². The first-order chi connectivity index (χ1) is 9.92. The minimum absolute atomic E-state index is 0.0716. The van der Waals surface area contributed by atoms with Crippen molar-refractivity contribution in [2.24, 2.45) is 5.41 Å². The maximum Gasteiger partial charge on any atom is 0.240 e. The summed E-state index contributed by atoms with van der Waals surface area (Å²) in [6.07, 6.45) is 2.83. The largest absolute Gasteiger partial charge is 0.396 e. The summed E-state index contributed by atoms with van der Waals surface area (Å²) >= 11 is 0. The minimum atomic E-state index is -3.62. The number of rotatable bonds is 8. The standard InChI is InChI=1S/C15H21NO4S/c1-2-14(18)12-4-3-5-13(10-12)21(19,20)16-11-15(6-7-15)8-9-17/h3-5,10,16-17H,2,6-9,11H2,1H3. The van der Waals surface area contributed by atoms with Crippen LogP contribution in [0.2, 0.25) is 0 Å². The molecule has 6 heteroatoms. The van der Waals surface area contributed by atoms with E-state index in [4.69, 9.17) is 5.11 Å². The molecule has 2 rings (SSSR count). The zero-order chi connectivity index (χ0) is 15.5. The quantitative estimate of drug-likeness (QED) is 0.716. The van der Waals surface area contributed by atoms with Gasteiger partial charge in [-0.15, -0.1) is 0 Å². The van der Waals surface area contributed by atoms with Crippen molar-refractivity contribution in [2.45, 2.75) is 37.5 Å². The van der Waals surface area contributed by atoms with E-state index in [0.717, 1.165) is 12.8 Å². The highest BCUT2D eigenvalue weighted by atomic mass is 32.2. The number of aliphatic hydroxyl groups excluding tert-OH is 1. The minimum Gasteiger partial charge on any atom is -0.396 e. The molecule has 0 unspecified atom stereocenters. The molecule has 1 saturated carbocycles. The van der Waals surface area contributed by atoms with E-state index in [0.29, 0.717) is 24.9 Å². The van der Waals surface area contributed by atoms with Gasteiger partial charge in [0.2, 0.25) is 10.0 Å². The van der Waals surface area contributed by atoms with E-state index in [2.05, 4.69) is 4.72 Å². The maximum atomic E-state index is 12.3. The van der Waals surface area contributed by atoms with Gasteiger partial charge in [-0.3, -0.25) is 4.79 Å². The third kappa shape index (κ3) is 3.90. The first kappa shape index (κ1) is 16.1. The molecule has 1 aliphatic rings. The summed E-state index contributed by atoms with van der Waals surface area (Å²) < 4.78 is 27.2. The topological polar surface area (TPSA) is 83.5 Å². The van der Waals surface area contributed by atoms with Crippen LogP contribution in [-0.4, -0.2) is 32.5 Å². The van der Waals surface area contributed by atoms with Crippen LogP contribution in [0, 0.1) is 5.41 Å². The molecule has 1 aliphatic carbocycles. The highest BCUT2D eigenvalue weighted by Gasteiger charge is 2.42. The molecule has 5 nitrogen and oxygen atoms in total. The predicted molar refractivity (Wildman–Crippen MR) is 79.6 cm³/mol. The summed E-state index contributed by atoms with van der Waals surface area (Å²) in [4.78, 5) is 11.8. The van der Waals surface area contributed by atoms with Crippen molar-refractivity contribution < 1.29 is 18.3 Å². The van der Waals surface area contributed by atoms with Crippen molar-refractivity contribution in [1.29, 1.82) is 0 Å². The number of nitrogens with one attached hydrogen (secondary N) is 1. The van der Waals surface area contributed by atoms with Gasteiger partial charge < -0.3 is 5.11 Å². The molecule has 0 saturated heterocycles. The van der Waals surface area contributed by atoms with Crippen LogP contribution in [0.5, 0.6) is 0 Å². The van der Waals surface area contributed by atoms with Gasteiger partial charge in [-0.2, -0.15) is 0 Å². The molecular formula is C15H21NO4S. The summed E-state index contributed by atoms with van der Waals surface area (Å²) in [6.45, 7) is 2.15. The molecular weight excluding hydrogens is 290 g/mol. The van der Waals surface area contributed by atoms with Crippen molar-refractivity contribution in [3.05, 3.63) is 29.8 Å². The van der Waals surface area contributed by atoms with E-state index < -0.39 is 10.0 Å². The zero-order valence-electron chi connectivity index (χ0n) is 12.1. The second-order valence-corrected chi connectivity index (χ2v) is 7.37. The molecule has 1 fully saturated rings. The van der Waals surface area contributed by atoms with E-state index in [1.165, 1.54) is 12.1 Å². The summed E-state index contributed by atoms with van der Waals surface area (Å²) in [5.74, 6) is -0.0778. The highest BCUT2D eigenvalue weighted by Crippen LogP contribution is 2.48. The fourth-order valence-electron chi connectivity index (χ4n) is 2.30. The lowest BCUT2D eigenvalue weighted by Gasteiger charge is -2.15. The van der Waals surface area contributed by atoms with Crippen molar-refractivity contribution in [1.82, 2.24) is 4.72 Å². The number of carbonyl (C=O) groups is 1. The van der Waals surface area contributed by atoms with Gasteiger partial charge >= 0.3 is 0 Å². The Morgan fingerprint density at radius 1 is 1.38 bits per heavy atom. The molecule has 1 aromatic carbocycles. The summed E-state index contributed by atoms with van der Waals surface area (Å²) in [7, 11) is -3.62. The smallest absolute Gasteiger partial charge is 0.240 e. The van der Waals surface area contributed by atoms with Gasteiger partial charge in [0, 0.05) is 25.1 Å². The van der Waals surface area contributed by atoms with Crippen molar-refractivity contribution in [3.63, 3.8) is 0 Å². The van der Waals surface area contributed by atoms with Crippen LogP contribution in [0.25, 0.3) is 0 Å². The van der Waals surface area contributed by atoms with Gasteiger partial charge in [0.05, 0.1) is 4.90 Å². The molecule has 0 aliphatic heterocycles. The van der Waals surface area contributed by atoms with Gasteiger partial charge in [-0.25, -0.2) is 13.1 Å². The Hall–Kier alpha value is -1.24. The molecule has 0 amide bonds. The summed E-state index contributed by atoms with van der Waals surface area (Å²) in [5, 5.41) is 9.00. The Kier molecular flexibility index (Phi) is 4.81. The normalized spacial score (nSPS) is 16.7. The number of sulfonamides is 1. The second-order valence-electron chi connectivity index (χ2n) is 5.60. The number of hydrogen-bond acceptors (Lipinski definition) is 4. The number of benzene rings is 1. The van der Waals surface area contributed by atoms with Crippen LogP contribution in [-0.2, 0) is 10.0 Å². The molecule has 0 spiro atoms. The van der Waals surface area contributed by atoms with Crippen LogP contribution in [0.4, 0.5) is 0 Å². The van der Waals surface area contributed by atoms with Crippen LogP contribution < -0.4 is 4.72 Å². The van der Waals surface area contributed by atoms with Crippen LogP contribution in [0.3, 0.4) is 0 Å². The molecule has 0 heterocycles. The zero-order valence-corrected chi connectivity index (χ0v) is 12.9. The number of hydrogen-bond donors (Lipinski definition) is 2. The Labute approximate surface area is 125 Å². The number of aliphatic hydroxyl groups is 1. The van der Waals surface area contributed by atoms with Crippen LogP contribution >= 0.6 is 0 Å². The van der Waals surface area contributed by atoms with Crippen molar-refractivity contribution in [2.75, 3.05) is 13.2 Å². The Morgan fingerprint density at radius 3 is 2.67 bits per heavy atom. The molecule has 0 aromatic heterocycles. The van der Waals surface area contributed by atoms with Crippen molar-refractivity contribution in [3.8, 4) is 0 Å². The molecule has 0 atom stereocenters. The lowest BCUT2D eigenvalue weighted by Crippen LogP contribution is -2.31. The Bertz CT molecular complexity index is 620. The van der Waals surface area contributed by atoms with Gasteiger partial charge in [-0.1, -0.05) is 19.1 Å². The summed E-state index contributed by atoms with van der Waals surface area (Å²) in [6, 6.07) is 6.11.